The normalized spacial score (nSPS) is 26.5. The highest BCUT2D eigenvalue weighted by Crippen LogP contribution is 2.45. The lowest BCUT2D eigenvalue weighted by atomic mass is 9.73. The fourth-order valence-corrected chi connectivity index (χ4v) is 4.16. The number of hydrogen-bond donors (Lipinski definition) is 0. The summed E-state index contributed by atoms with van der Waals surface area (Å²) >= 11 is 0. The Labute approximate surface area is 142 Å². The molecule has 2 aliphatic rings. The van der Waals surface area contributed by atoms with Gasteiger partial charge in [0.1, 0.15) is 0 Å². The number of amides is 2. The number of nitrogens with zero attached hydrogens (tertiary/aromatic N) is 1. The van der Waals surface area contributed by atoms with E-state index in [9.17, 15) is 9.59 Å². The van der Waals surface area contributed by atoms with Crippen molar-refractivity contribution in [3.8, 4) is 0 Å². The molecule has 24 heavy (non-hydrogen) atoms. The van der Waals surface area contributed by atoms with Gasteiger partial charge in [0.25, 0.3) is 0 Å². The highest BCUT2D eigenvalue weighted by Gasteiger charge is 2.50. The molecule has 2 amide bonds. The number of rotatable bonds is 2. The van der Waals surface area contributed by atoms with Gasteiger partial charge in [-0.1, -0.05) is 48.0 Å². The first-order valence-corrected chi connectivity index (χ1v) is 8.64. The van der Waals surface area contributed by atoms with E-state index in [4.69, 9.17) is 0 Å². The second-order valence-corrected chi connectivity index (χ2v) is 6.98. The van der Waals surface area contributed by atoms with Gasteiger partial charge in [-0.25, -0.2) is 0 Å². The number of carbonyl (C=O) groups is 2. The van der Waals surface area contributed by atoms with Crippen LogP contribution in [0.15, 0.2) is 54.6 Å². The van der Waals surface area contributed by atoms with Crippen molar-refractivity contribution >= 4 is 17.5 Å². The van der Waals surface area contributed by atoms with Gasteiger partial charge in [0.15, 0.2) is 0 Å². The van der Waals surface area contributed by atoms with Gasteiger partial charge >= 0.3 is 0 Å². The summed E-state index contributed by atoms with van der Waals surface area (Å²) in [6, 6.07) is 18.0. The van der Waals surface area contributed by atoms with Gasteiger partial charge in [-0.05, 0) is 49.8 Å². The number of fused-ring (bicyclic) bond motifs is 1. The van der Waals surface area contributed by atoms with Crippen LogP contribution >= 0.6 is 0 Å². The molecule has 1 aliphatic carbocycles. The van der Waals surface area contributed by atoms with E-state index in [1.54, 1.807) is 0 Å². The standard InChI is InChI=1S/C21H21NO2/c1-14-7-10-17(11-8-14)22-20(23)18-12-9-16(13-19(18)21(22)24)15-5-3-2-4-6-15/h2-8,10-11,16,18-19H,9,12-13H2,1H3/t16-,18+,19-/m0/s1. The Hall–Kier alpha value is -2.42. The largest absolute Gasteiger partial charge is 0.274 e. The Bertz CT molecular complexity index is 766. The lowest BCUT2D eigenvalue weighted by Gasteiger charge is -2.28. The number of benzene rings is 2. The van der Waals surface area contributed by atoms with Crippen LogP contribution in [-0.4, -0.2) is 11.8 Å². The van der Waals surface area contributed by atoms with E-state index in [-0.39, 0.29) is 23.7 Å². The van der Waals surface area contributed by atoms with E-state index in [2.05, 4.69) is 12.1 Å². The minimum absolute atomic E-state index is 0.0136. The van der Waals surface area contributed by atoms with Crippen molar-refractivity contribution in [3.63, 3.8) is 0 Å². The van der Waals surface area contributed by atoms with Crippen LogP contribution in [0.4, 0.5) is 5.69 Å². The summed E-state index contributed by atoms with van der Waals surface area (Å²) in [5.74, 6) is 0.0357. The number of carbonyl (C=O) groups excluding carboxylic acids is 2. The third-order valence-corrected chi connectivity index (χ3v) is 5.49. The average molecular weight is 319 g/mol. The molecule has 3 heteroatoms. The Balaban J connectivity index is 1.60. The third-order valence-electron chi connectivity index (χ3n) is 5.49. The smallest absolute Gasteiger partial charge is 0.237 e. The molecule has 122 valence electrons. The Morgan fingerprint density at radius 1 is 0.833 bits per heavy atom. The summed E-state index contributed by atoms with van der Waals surface area (Å²) in [5, 5.41) is 0. The summed E-state index contributed by atoms with van der Waals surface area (Å²) in [6.45, 7) is 2.00. The van der Waals surface area contributed by atoms with Gasteiger partial charge in [-0.3, -0.25) is 14.5 Å². The van der Waals surface area contributed by atoms with Crippen LogP contribution in [0.3, 0.4) is 0 Å². The van der Waals surface area contributed by atoms with Crippen molar-refractivity contribution in [1.29, 1.82) is 0 Å². The zero-order valence-corrected chi connectivity index (χ0v) is 13.8. The van der Waals surface area contributed by atoms with E-state index < -0.39 is 0 Å². The number of anilines is 1. The molecule has 4 rings (SSSR count). The number of hydrogen-bond acceptors (Lipinski definition) is 2. The third kappa shape index (κ3) is 2.44. The van der Waals surface area contributed by atoms with Gasteiger partial charge in [0.2, 0.25) is 11.8 Å². The van der Waals surface area contributed by atoms with Crippen molar-refractivity contribution in [2.75, 3.05) is 4.90 Å². The molecule has 1 aliphatic heterocycles. The minimum Gasteiger partial charge on any atom is -0.274 e. The molecule has 0 spiro atoms. The first kappa shape index (κ1) is 15.1. The summed E-state index contributed by atoms with van der Waals surface area (Å²) in [5.41, 5.74) is 3.12. The molecule has 2 aromatic rings. The number of aryl methyl sites for hydroxylation is 1. The average Bonchev–Trinajstić information content (AvgIpc) is 2.87. The second kappa shape index (κ2) is 5.90. The van der Waals surface area contributed by atoms with Crippen LogP contribution in [0.25, 0.3) is 0 Å². The van der Waals surface area contributed by atoms with Crippen LogP contribution in [0.5, 0.6) is 0 Å². The van der Waals surface area contributed by atoms with Crippen LogP contribution in [0, 0.1) is 18.8 Å². The summed E-state index contributed by atoms with van der Waals surface area (Å²) in [7, 11) is 0. The van der Waals surface area contributed by atoms with E-state index in [1.165, 1.54) is 10.5 Å². The van der Waals surface area contributed by atoms with E-state index >= 15 is 0 Å². The molecule has 3 nitrogen and oxygen atoms in total. The Morgan fingerprint density at radius 2 is 1.50 bits per heavy atom. The molecule has 3 atom stereocenters. The molecule has 1 saturated carbocycles. The lowest BCUT2D eigenvalue weighted by Crippen LogP contribution is -2.30. The highest BCUT2D eigenvalue weighted by atomic mass is 16.2. The van der Waals surface area contributed by atoms with Crippen molar-refractivity contribution in [2.45, 2.75) is 32.1 Å². The zero-order valence-electron chi connectivity index (χ0n) is 13.8. The molecule has 0 N–H and O–H groups in total. The van der Waals surface area contributed by atoms with Gasteiger partial charge in [0, 0.05) is 0 Å². The monoisotopic (exact) mass is 319 g/mol. The van der Waals surface area contributed by atoms with E-state index in [0.29, 0.717) is 11.6 Å². The minimum atomic E-state index is -0.169. The van der Waals surface area contributed by atoms with Gasteiger partial charge in [-0.2, -0.15) is 0 Å². The van der Waals surface area contributed by atoms with Crippen LogP contribution in [0.1, 0.15) is 36.3 Å². The molecule has 0 aromatic heterocycles. The van der Waals surface area contributed by atoms with Crippen molar-refractivity contribution < 1.29 is 9.59 Å². The summed E-state index contributed by atoms with van der Waals surface area (Å²) in [4.78, 5) is 27.1. The predicted molar refractivity (Wildman–Crippen MR) is 93.7 cm³/mol. The fourth-order valence-electron chi connectivity index (χ4n) is 4.16. The zero-order chi connectivity index (χ0) is 16.7. The maximum atomic E-state index is 12.9. The maximum absolute atomic E-state index is 12.9. The highest BCUT2D eigenvalue weighted by molar-refractivity contribution is 6.22. The molecule has 2 fully saturated rings. The molecule has 1 saturated heterocycles. The quantitative estimate of drug-likeness (QED) is 0.783. The van der Waals surface area contributed by atoms with E-state index in [1.807, 2.05) is 49.4 Å². The fraction of sp³-hybridized carbons (Fsp3) is 0.333. The van der Waals surface area contributed by atoms with Crippen molar-refractivity contribution in [2.24, 2.45) is 11.8 Å². The maximum Gasteiger partial charge on any atom is 0.237 e. The molecule has 0 unspecified atom stereocenters. The van der Waals surface area contributed by atoms with Crippen LogP contribution < -0.4 is 4.90 Å². The Kier molecular flexibility index (Phi) is 3.72. The molecule has 0 radical (unpaired) electrons. The van der Waals surface area contributed by atoms with Crippen molar-refractivity contribution in [3.05, 3.63) is 65.7 Å². The summed E-state index contributed by atoms with van der Waals surface area (Å²) < 4.78 is 0. The molecular formula is C21H21NO2. The molecular weight excluding hydrogens is 298 g/mol. The molecule has 1 heterocycles. The van der Waals surface area contributed by atoms with Gasteiger partial charge < -0.3 is 0 Å². The van der Waals surface area contributed by atoms with Gasteiger partial charge in [0.05, 0.1) is 17.5 Å². The molecule has 0 bridgehead atoms. The summed E-state index contributed by atoms with van der Waals surface area (Å²) in [6.07, 6.45) is 2.56. The number of imide groups is 1. The van der Waals surface area contributed by atoms with Crippen LogP contribution in [-0.2, 0) is 9.59 Å². The Morgan fingerprint density at radius 3 is 2.21 bits per heavy atom. The van der Waals surface area contributed by atoms with Crippen LogP contribution in [0.2, 0.25) is 0 Å². The molecule has 2 aromatic carbocycles. The van der Waals surface area contributed by atoms with E-state index in [0.717, 1.165) is 24.8 Å². The first-order valence-electron chi connectivity index (χ1n) is 8.64. The second-order valence-electron chi connectivity index (χ2n) is 6.98. The first-order chi connectivity index (χ1) is 11.6. The van der Waals surface area contributed by atoms with Gasteiger partial charge in [-0.15, -0.1) is 0 Å². The predicted octanol–water partition coefficient (Wildman–Crippen LogP) is 4.07. The van der Waals surface area contributed by atoms with Crippen molar-refractivity contribution in [1.82, 2.24) is 0 Å². The topological polar surface area (TPSA) is 37.4 Å². The SMILES string of the molecule is Cc1ccc(N2C(=O)[C@H]3C[C@@H](c4ccccc4)CC[C@H]3C2=O)cc1. The lowest BCUT2D eigenvalue weighted by molar-refractivity contribution is -0.122.